The molecule has 0 saturated heterocycles. The Kier molecular flexibility index (Phi) is 8.46. The third-order valence-corrected chi connectivity index (χ3v) is 5.27. The van der Waals surface area contributed by atoms with Gasteiger partial charge in [-0.15, -0.1) is 0 Å². The molecule has 7 nitrogen and oxygen atoms in total. The highest BCUT2D eigenvalue weighted by Gasteiger charge is 2.22. The summed E-state index contributed by atoms with van der Waals surface area (Å²) in [6.45, 7) is 10.3. The second-order valence-electron chi connectivity index (χ2n) is 8.88. The summed E-state index contributed by atoms with van der Waals surface area (Å²) in [4.78, 5) is 32.0. The molecule has 0 aliphatic rings. The van der Waals surface area contributed by atoms with Crippen molar-refractivity contribution in [3.05, 3.63) is 60.8 Å². The third-order valence-electron chi connectivity index (χ3n) is 5.27. The predicted octanol–water partition coefficient (Wildman–Crippen LogP) is 5.16. The Hall–Kier alpha value is -3.61. The second kappa shape index (κ2) is 11.5. The SMILES string of the molecule is CCOc1cccc(-n2cc(-c3ccccc3)nc2NC(=O)CN(C(=O)CC(C)C)C(C)C)c1. The van der Waals surface area contributed by atoms with E-state index in [2.05, 4.69) is 5.32 Å². The average Bonchev–Trinajstić information content (AvgIpc) is 3.21. The van der Waals surface area contributed by atoms with Gasteiger partial charge in [-0.25, -0.2) is 4.98 Å². The smallest absolute Gasteiger partial charge is 0.246 e. The molecule has 34 heavy (non-hydrogen) atoms. The van der Waals surface area contributed by atoms with Crippen molar-refractivity contribution in [2.24, 2.45) is 5.92 Å². The number of rotatable bonds is 10. The molecule has 0 bridgehead atoms. The maximum atomic E-state index is 13.0. The number of hydrogen-bond acceptors (Lipinski definition) is 4. The Morgan fingerprint density at radius 1 is 1.06 bits per heavy atom. The second-order valence-corrected chi connectivity index (χ2v) is 8.88. The van der Waals surface area contributed by atoms with E-state index in [1.807, 2.05) is 100.0 Å². The first-order chi connectivity index (χ1) is 16.3. The highest BCUT2D eigenvalue weighted by atomic mass is 16.5. The minimum absolute atomic E-state index is 0.0297. The van der Waals surface area contributed by atoms with Gasteiger partial charge in [0.2, 0.25) is 17.8 Å². The molecule has 1 heterocycles. The molecule has 0 fully saturated rings. The molecule has 0 spiro atoms. The minimum Gasteiger partial charge on any atom is -0.494 e. The zero-order valence-electron chi connectivity index (χ0n) is 20.6. The number of benzene rings is 2. The van der Waals surface area contributed by atoms with Crippen LogP contribution in [0.3, 0.4) is 0 Å². The molecule has 3 rings (SSSR count). The van der Waals surface area contributed by atoms with Crippen molar-refractivity contribution in [2.75, 3.05) is 18.5 Å². The van der Waals surface area contributed by atoms with Crippen molar-refractivity contribution in [3.63, 3.8) is 0 Å². The Morgan fingerprint density at radius 3 is 2.44 bits per heavy atom. The Balaban J connectivity index is 1.91. The maximum absolute atomic E-state index is 13.0. The van der Waals surface area contributed by atoms with Crippen molar-refractivity contribution < 1.29 is 14.3 Å². The third kappa shape index (κ3) is 6.47. The number of hydrogen-bond donors (Lipinski definition) is 1. The van der Waals surface area contributed by atoms with E-state index in [-0.39, 0.29) is 30.3 Å². The molecular formula is C27H34N4O3. The van der Waals surface area contributed by atoms with Gasteiger partial charge in [0.15, 0.2) is 0 Å². The highest BCUT2D eigenvalue weighted by molar-refractivity contribution is 5.94. The fraction of sp³-hybridized carbons (Fsp3) is 0.370. The number of nitrogens with zero attached hydrogens (tertiary/aromatic N) is 3. The minimum atomic E-state index is -0.293. The number of ether oxygens (including phenoxy) is 1. The highest BCUT2D eigenvalue weighted by Crippen LogP contribution is 2.26. The zero-order valence-corrected chi connectivity index (χ0v) is 20.6. The molecular weight excluding hydrogens is 428 g/mol. The van der Waals surface area contributed by atoms with Gasteiger partial charge >= 0.3 is 0 Å². The van der Waals surface area contributed by atoms with Crippen molar-refractivity contribution in [1.82, 2.24) is 14.5 Å². The first-order valence-corrected chi connectivity index (χ1v) is 11.8. The standard InChI is InChI=1S/C27H34N4O3/c1-6-34-23-14-10-13-22(16-23)31-17-24(21-11-8-7-9-12-21)28-27(31)29-25(32)18-30(20(4)5)26(33)15-19(2)3/h7-14,16-17,19-20H,6,15,18H2,1-5H3,(H,28,29,32). The van der Waals surface area contributed by atoms with Crippen LogP contribution in [0.1, 0.15) is 41.0 Å². The monoisotopic (exact) mass is 462 g/mol. The van der Waals surface area contributed by atoms with E-state index in [4.69, 9.17) is 9.72 Å². The molecule has 1 N–H and O–H groups in total. The normalized spacial score (nSPS) is 11.0. The van der Waals surface area contributed by atoms with Crippen LogP contribution >= 0.6 is 0 Å². The number of carbonyl (C=O) groups excluding carboxylic acids is 2. The van der Waals surface area contributed by atoms with Crippen LogP contribution in [-0.4, -0.2) is 45.5 Å². The van der Waals surface area contributed by atoms with Crippen LogP contribution in [0.25, 0.3) is 16.9 Å². The van der Waals surface area contributed by atoms with E-state index < -0.39 is 0 Å². The van der Waals surface area contributed by atoms with Crippen molar-refractivity contribution >= 4 is 17.8 Å². The summed E-state index contributed by atoms with van der Waals surface area (Å²) in [5.74, 6) is 1.02. The molecule has 0 aliphatic heterocycles. The van der Waals surface area contributed by atoms with Gasteiger partial charge in [-0.2, -0.15) is 0 Å². The van der Waals surface area contributed by atoms with Gasteiger partial charge in [-0.3, -0.25) is 19.5 Å². The summed E-state index contributed by atoms with van der Waals surface area (Å²) in [6, 6.07) is 17.3. The lowest BCUT2D eigenvalue weighted by molar-refractivity contribution is -0.137. The number of nitrogens with one attached hydrogen (secondary N) is 1. The molecule has 7 heteroatoms. The number of aromatic nitrogens is 2. The van der Waals surface area contributed by atoms with Gasteiger partial charge < -0.3 is 9.64 Å². The number of imidazole rings is 1. The molecule has 180 valence electrons. The van der Waals surface area contributed by atoms with Gasteiger partial charge in [0.25, 0.3) is 0 Å². The molecule has 2 amide bonds. The molecule has 0 aliphatic carbocycles. The number of amides is 2. The fourth-order valence-electron chi connectivity index (χ4n) is 3.65. The lowest BCUT2D eigenvalue weighted by Gasteiger charge is -2.27. The van der Waals surface area contributed by atoms with E-state index in [9.17, 15) is 9.59 Å². The lowest BCUT2D eigenvalue weighted by atomic mass is 10.1. The molecule has 0 atom stereocenters. The number of anilines is 1. The van der Waals surface area contributed by atoms with Gasteiger partial charge in [-0.1, -0.05) is 50.2 Å². The van der Waals surface area contributed by atoms with Crippen LogP contribution in [0.4, 0.5) is 5.95 Å². The lowest BCUT2D eigenvalue weighted by Crippen LogP contribution is -2.43. The van der Waals surface area contributed by atoms with E-state index in [0.717, 1.165) is 22.7 Å². The van der Waals surface area contributed by atoms with E-state index in [0.29, 0.717) is 19.0 Å². The largest absolute Gasteiger partial charge is 0.494 e. The summed E-state index contributed by atoms with van der Waals surface area (Å²) in [5.41, 5.74) is 2.48. The van der Waals surface area contributed by atoms with Crippen molar-refractivity contribution in [2.45, 2.75) is 47.1 Å². The van der Waals surface area contributed by atoms with Crippen LogP contribution in [0.15, 0.2) is 60.8 Å². The van der Waals surface area contributed by atoms with Gasteiger partial charge in [-0.05, 0) is 38.8 Å². The predicted molar refractivity (Wildman–Crippen MR) is 135 cm³/mol. The summed E-state index contributed by atoms with van der Waals surface area (Å²) in [5, 5.41) is 2.92. The average molecular weight is 463 g/mol. The molecule has 1 aromatic heterocycles. The molecule has 2 aromatic carbocycles. The van der Waals surface area contributed by atoms with Crippen LogP contribution in [0.2, 0.25) is 0 Å². The number of carbonyl (C=O) groups is 2. The molecule has 0 saturated carbocycles. The van der Waals surface area contributed by atoms with Crippen LogP contribution in [0, 0.1) is 5.92 Å². The molecule has 3 aromatic rings. The molecule has 0 unspecified atom stereocenters. The summed E-state index contributed by atoms with van der Waals surface area (Å²) in [6.07, 6.45) is 2.29. The Morgan fingerprint density at radius 2 is 1.79 bits per heavy atom. The summed E-state index contributed by atoms with van der Waals surface area (Å²) < 4.78 is 7.48. The van der Waals surface area contributed by atoms with Crippen molar-refractivity contribution in [3.8, 4) is 22.7 Å². The Labute approximate surface area is 201 Å². The topological polar surface area (TPSA) is 76.5 Å². The van der Waals surface area contributed by atoms with E-state index in [1.54, 1.807) is 4.90 Å². The van der Waals surface area contributed by atoms with Gasteiger partial charge in [0.05, 0.1) is 18.0 Å². The Bertz CT molecular complexity index is 1110. The molecule has 0 radical (unpaired) electrons. The first kappa shape index (κ1) is 25.0. The fourth-order valence-corrected chi connectivity index (χ4v) is 3.65. The quantitative estimate of drug-likeness (QED) is 0.452. The zero-order chi connectivity index (χ0) is 24.7. The van der Waals surface area contributed by atoms with E-state index >= 15 is 0 Å². The van der Waals surface area contributed by atoms with Crippen LogP contribution in [-0.2, 0) is 9.59 Å². The summed E-state index contributed by atoms with van der Waals surface area (Å²) >= 11 is 0. The van der Waals surface area contributed by atoms with Crippen molar-refractivity contribution in [1.29, 1.82) is 0 Å². The van der Waals surface area contributed by atoms with Crippen LogP contribution < -0.4 is 10.1 Å². The van der Waals surface area contributed by atoms with Crippen LogP contribution in [0.5, 0.6) is 5.75 Å². The first-order valence-electron chi connectivity index (χ1n) is 11.8. The summed E-state index contributed by atoms with van der Waals surface area (Å²) in [7, 11) is 0. The van der Waals surface area contributed by atoms with E-state index in [1.165, 1.54) is 0 Å². The van der Waals surface area contributed by atoms with Gasteiger partial charge in [0, 0.05) is 30.3 Å². The van der Waals surface area contributed by atoms with Gasteiger partial charge in [0.1, 0.15) is 12.3 Å². The maximum Gasteiger partial charge on any atom is 0.246 e.